The number of nitrogens with zero attached hydrogens (tertiary/aromatic N) is 1. The maximum atomic E-state index is 11.1. The molecule has 0 spiro atoms. The second kappa shape index (κ2) is 6.59. The third-order valence-corrected chi connectivity index (χ3v) is 3.24. The number of nitrogens with one attached hydrogen (secondary N) is 1. The van der Waals surface area contributed by atoms with Gasteiger partial charge in [0.05, 0.1) is 6.42 Å². The predicted molar refractivity (Wildman–Crippen MR) is 64.7 cm³/mol. The Bertz CT molecular complexity index is 281. The average Bonchev–Trinajstić information content (AvgIpc) is 2.25. The molecule has 98 valence electrons. The van der Waals surface area contributed by atoms with Gasteiger partial charge in [-0.2, -0.15) is 0 Å². The topological polar surface area (TPSA) is 69.6 Å². The van der Waals surface area contributed by atoms with Crippen molar-refractivity contribution in [1.82, 2.24) is 10.2 Å². The van der Waals surface area contributed by atoms with E-state index in [0.29, 0.717) is 12.5 Å². The van der Waals surface area contributed by atoms with E-state index < -0.39 is 5.97 Å². The van der Waals surface area contributed by atoms with Crippen LogP contribution in [0.3, 0.4) is 0 Å². The zero-order chi connectivity index (χ0) is 12.8. The van der Waals surface area contributed by atoms with Crippen molar-refractivity contribution >= 4 is 11.9 Å². The van der Waals surface area contributed by atoms with Crippen molar-refractivity contribution in [3.05, 3.63) is 0 Å². The summed E-state index contributed by atoms with van der Waals surface area (Å²) in [6, 6.07) is 0.167. The van der Waals surface area contributed by atoms with Gasteiger partial charge in [-0.25, -0.2) is 0 Å². The molecule has 17 heavy (non-hydrogen) atoms. The van der Waals surface area contributed by atoms with E-state index in [2.05, 4.69) is 17.1 Å². The first-order valence-electron chi connectivity index (χ1n) is 6.22. The van der Waals surface area contributed by atoms with Crippen molar-refractivity contribution in [1.29, 1.82) is 0 Å². The molecule has 1 fully saturated rings. The molecular formula is C12H22N2O3. The number of piperidine rings is 1. The number of carboxylic acids is 1. The van der Waals surface area contributed by atoms with Crippen LogP contribution in [0.15, 0.2) is 0 Å². The number of hydrogen-bond donors (Lipinski definition) is 2. The Morgan fingerprint density at radius 2 is 2.12 bits per heavy atom. The summed E-state index contributed by atoms with van der Waals surface area (Å²) >= 11 is 0. The Hall–Kier alpha value is -1.10. The lowest BCUT2D eigenvalue weighted by molar-refractivity contribution is -0.137. The molecule has 0 aliphatic carbocycles. The predicted octanol–water partition coefficient (Wildman–Crippen LogP) is 0.698. The van der Waals surface area contributed by atoms with Gasteiger partial charge in [0.1, 0.15) is 0 Å². The highest BCUT2D eigenvalue weighted by atomic mass is 16.4. The number of carbonyl (C=O) groups is 2. The van der Waals surface area contributed by atoms with Crippen LogP contribution in [0.25, 0.3) is 0 Å². The molecule has 2 unspecified atom stereocenters. The molecule has 2 atom stereocenters. The smallest absolute Gasteiger partial charge is 0.304 e. The van der Waals surface area contributed by atoms with Crippen molar-refractivity contribution in [3.63, 3.8) is 0 Å². The Balaban J connectivity index is 2.47. The first-order chi connectivity index (χ1) is 8.01. The fraction of sp³-hybridized carbons (Fsp3) is 0.833. The highest BCUT2D eigenvalue weighted by Gasteiger charge is 2.26. The van der Waals surface area contributed by atoms with E-state index in [-0.39, 0.29) is 18.4 Å². The van der Waals surface area contributed by atoms with Gasteiger partial charge >= 0.3 is 5.97 Å². The van der Waals surface area contributed by atoms with Crippen molar-refractivity contribution < 1.29 is 14.7 Å². The molecule has 5 heteroatoms. The molecule has 1 aliphatic heterocycles. The van der Waals surface area contributed by atoms with Gasteiger partial charge in [0.2, 0.25) is 5.91 Å². The number of rotatable bonds is 5. The van der Waals surface area contributed by atoms with E-state index in [4.69, 9.17) is 5.11 Å². The SMILES string of the molecule is CCC1CC(NC(C)=O)CN(CCC(=O)O)C1. The molecular weight excluding hydrogens is 220 g/mol. The highest BCUT2D eigenvalue weighted by Crippen LogP contribution is 2.19. The van der Waals surface area contributed by atoms with Crippen molar-refractivity contribution in [3.8, 4) is 0 Å². The molecule has 1 rings (SSSR count). The van der Waals surface area contributed by atoms with Crippen molar-refractivity contribution in [2.75, 3.05) is 19.6 Å². The minimum Gasteiger partial charge on any atom is -0.481 e. The Morgan fingerprint density at radius 1 is 1.41 bits per heavy atom. The second-order valence-corrected chi connectivity index (χ2v) is 4.81. The Labute approximate surface area is 102 Å². The molecule has 1 heterocycles. The van der Waals surface area contributed by atoms with Gasteiger partial charge in [-0.15, -0.1) is 0 Å². The fourth-order valence-corrected chi connectivity index (χ4v) is 2.43. The average molecular weight is 242 g/mol. The quantitative estimate of drug-likeness (QED) is 0.744. The Kier molecular flexibility index (Phi) is 5.41. The molecule has 0 aromatic heterocycles. The van der Waals surface area contributed by atoms with Gasteiger partial charge in [0.25, 0.3) is 0 Å². The molecule has 0 aromatic rings. The van der Waals surface area contributed by atoms with Crippen LogP contribution in [-0.2, 0) is 9.59 Å². The van der Waals surface area contributed by atoms with Crippen LogP contribution < -0.4 is 5.32 Å². The molecule has 0 saturated carbocycles. The summed E-state index contributed by atoms with van der Waals surface area (Å²) < 4.78 is 0. The van der Waals surface area contributed by atoms with Crippen molar-refractivity contribution in [2.45, 2.75) is 39.2 Å². The molecule has 5 nitrogen and oxygen atoms in total. The zero-order valence-corrected chi connectivity index (χ0v) is 10.6. The minimum absolute atomic E-state index is 0.00932. The van der Waals surface area contributed by atoms with Gasteiger partial charge in [0.15, 0.2) is 0 Å². The fourth-order valence-electron chi connectivity index (χ4n) is 2.43. The van der Waals surface area contributed by atoms with Crippen LogP contribution in [0.1, 0.15) is 33.1 Å². The molecule has 1 saturated heterocycles. The summed E-state index contributed by atoms with van der Waals surface area (Å²) in [7, 11) is 0. The van der Waals surface area contributed by atoms with Crippen LogP contribution >= 0.6 is 0 Å². The van der Waals surface area contributed by atoms with Crippen LogP contribution in [0.5, 0.6) is 0 Å². The third-order valence-electron chi connectivity index (χ3n) is 3.24. The zero-order valence-electron chi connectivity index (χ0n) is 10.6. The standard InChI is InChI=1S/C12H22N2O3/c1-3-10-6-11(13-9(2)15)8-14(7-10)5-4-12(16)17/h10-11H,3-8H2,1-2H3,(H,13,15)(H,16,17). The number of likely N-dealkylation sites (tertiary alicyclic amines) is 1. The van der Waals surface area contributed by atoms with Crippen LogP contribution in [0.2, 0.25) is 0 Å². The number of amides is 1. The van der Waals surface area contributed by atoms with E-state index in [1.54, 1.807) is 0 Å². The molecule has 1 aliphatic rings. The minimum atomic E-state index is -0.764. The maximum absolute atomic E-state index is 11.1. The van der Waals surface area contributed by atoms with Gasteiger partial charge in [-0.1, -0.05) is 13.3 Å². The summed E-state index contributed by atoms with van der Waals surface area (Å²) in [6.45, 7) is 5.94. The van der Waals surface area contributed by atoms with Gasteiger partial charge in [0, 0.05) is 32.6 Å². The summed E-state index contributed by atoms with van der Waals surface area (Å²) in [5.74, 6) is -0.223. The van der Waals surface area contributed by atoms with Gasteiger partial charge < -0.3 is 15.3 Å². The van der Waals surface area contributed by atoms with Crippen LogP contribution in [0.4, 0.5) is 0 Å². The van der Waals surface area contributed by atoms with Crippen LogP contribution in [-0.4, -0.2) is 47.6 Å². The lowest BCUT2D eigenvalue weighted by Crippen LogP contribution is -2.50. The second-order valence-electron chi connectivity index (χ2n) is 4.81. The molecule has 0 radical (unpaired) electrons. The first kappa shape index (κ1) is 14.0. The van der Waals surface area contributed by atoms with Gasteiger partial charge in [-0.05, 0) is 12.3 Å². The lowest BCUT2D eigenvalue weighted by Gasteiger charge is -2.37. The van der Waals surface area contributed by atoms with Crippen LogP contribution in [0, 0.1) is 5.92 Å². The lowest BCUT2D eigenvalue weighted by atomic mass is 9.92. The number of carboxylic acid groups (broad SMARTS) is 1. The summed E-state index contributed by atoms with van der Waals surface area (Å²) in [5.41, 5.74) is 0. The normalized spacial score (nSPS) is 25.5. The molecule has 0 bridgehead atoms. The monoisotopic (exact) mass is 242 g/mol. The van der Waals surface area contributed by atoms with E-state index in [9.17, 15) is 9.59 Å². The number of hydrogen-bond acceptors (Lipinski definition) is 3. The Morgan fingerprint density at radius 3 is 2.65 bits per heavy atom. The van der Waals surface area contributed by atoms with E-state index >= 15 is 0 Å². The highest BCUT2D eigenvalue weighted by molar-refractivity contribution is 5.73. The van der Waals surface area contributed by atoms with E-state index in [1.807, 2.05) is 0 Å². The number of carbonyl (C=O) groups excluding carboxylic acids is 1. The summed E-state index contributed by atoms with van der Waals surface area (Å²) in [4.78, 5) is 23.8. The molecule has 1 amide bonds. The maximum Gasteiger partial charge on any atom is 0.304 e. The summed E-state index contributed by atoms with van der Waals surface area (Å²) in [5, 5.41) is 11.6. The molecule has 2 N–H and O–H groups in total. The summed E-state index contributed by atoms with van der Waals surface area (Å²) in [6.07, 6.45) is 2.24. The van der Waals surface area contributed by atoms with Gasteiger partial charge in [-0.3, -0.25) is 9.59 Å². The number of aliphatic carboxylic acids is 1. The third kappa shape index (κ3) is 5.17. The first-order valence-corrected chi connectivity index (χ1v) is 6.22. The van der Waals surface area contributed by atoms with Crippen molar-refractivity contribution in [2.24, 2.45) is 5.92 Å². The molecule has 0 aromatic carbocycles. The van der Waals surface area contributed by atoms with E-state index in [1.165, 1.54) is 6.92 Å². The van der Waals surface area contributed by atoms with E-state index in [0.717, 1.165) is 25.9 Å². The largest absolute Gasteiger partial charge is 0.481 e.